The van der Waals surface area contributed by atoms with Crippen LogP contribution in [0.15, 0.2) is 29.6 Å². The van der Waals surface area contributed by atoms with Gasteiger partial charge in [-0.25, -0.2) is 9.78 Å². The Morgan fingerprint density at radius 3 is 2.95 bits per heavy atom. The van der Waals surface area contributed by atoms with Gasteiger partial charge in [-0.2, -0.15) is 0 Å². The molecule has 1 aromatic heterocycles. The van der Waals surface area contributed by atoms with Crippen molar-refractivity contribution in [3.8, 4) is 17.0 Å². The molecular weight excluding hydrogens is 298 g/mol. The summed E-state index contributed by atoms with van der Waals surface area (Å²) in [4.78, 5) is 16.4. The van der Waals surface area contributed by atoms with Crippen LogP contribution in [0.2, 0.25) is 0 Å². The summed E-state index contributed by atoms with van der Waals surface area (Å²) in [5, 5.41) is 8.34. The van der Waals surface area contributed by atoms with Gasteiger partial charge in [0.15, 0.2) is 5.13 Å². The fourth-order valence-electron chi connectivity index (χ4n) is 2.63. The van der Waals surface area contributed by atoms with E-state index in [1.165, 1.54) is 24.2 Å². The van der Waals surface area contributed by atoms with Gasteiger partial charge in [0.25, 0.3) is 0 Å². The third kappa shape index (κ3) is 3.57. The van der Waals surface area contributed by atoms with Crippen LogP contribution in [0.5, 0.6) is 5.75 Å². The lowest BCUT2D eigenvalue weighted by Gasteiger charge is -2.11. The average molecular weight is 317 g/mol. The highest BCUT2D eigenvalue weighted by molar-refractivity contribution is 7.14. The number of ether oxygens (including phenoxy) is 1. The minimum atomic E-state index is -0.168. The van der Waals surface area contributed by atoms with E-state index in [9.17, 15) is 4.79 Å². The van der Waals surface area contributed by atoms with Crippen molar-refractivity contribution in [2.24, 2.45) is 0 Å². The first-order valence-corrected chi connectivity index (χ1v) is 8.30. The Kier molecular flexibility index (Phi) is 4.58. The fraction of sp³-hybridized carbons (Fsp3) is 0.375. The lowest BCUT2D eigenvalue weighted by atomic mass is 10.2. The molecule has 3 rings (SSSR count). The number of thiazole rings is 1. The van der Waals surface area contributed by atoms with Gasteiger partial charge in [0, 0.05) is 17.0 Å². The molecule has 6 heteroatoms. The predicted molar refractivity (Wildman–Crippen MR) is 88.5 cm³/mol. The molecule has 1 heterocycles. The first-order valence-electron chi connectivity index (χ1n) is 7.42. The minimum absolute atomic E-state index is 0.168. The van der Waals surface area contributed by atoms with Crippen molar-refractivity contribution in [1.29, 1.82) is 0 Å². The van der Waals surface area contributed by atoms with Gasteiger partial charge in [-0.3, -0.25) is 5.32 Å². The monoisotopic (exact) mass is 317 g/mol. The van der Waals surface area contributed by atoms with E-state index in [4.69, 9.17) is 4.74 Å². The fourth-order valence-corrected chi connectivity index (χ4v) is 3.35. The average Bonchev–Trinajstić information content (AvgIpc) is 3.19. The number of carbonyl (C=O) groups is 1. The Bertz CT molecular complexity index is 650. The number of anilines is 1. The first-order chi connectivity index (χ1) is 10.7. The number of methoxy groups -OCH3 is 1. The minimum Gasteiger partial charge on any atom is -0.497 e. The zero-order chi connectivity index (χ0) is 15.4. The maximum atomic E-state index is 11.9. The maximum absolute atomic E-state index is 11.9. The normalized spacial score (nSPS) is 14.8. The Hall–Kier alpha value is -2.08. The van der Waals surface area contributed by atoms with Crippen LogP contribution in [0, 0.1) is 0 Å². The number of aromatic nitrogens is 1. The van der Waals surface area contributed by atoms with Crippen LogP contribution in [0.3, 0.4) is 0 Å². The van der Waals surface area contributed by atoms with Gasteiger partial charge in [0.2, 0.25) is 0 Å². The second kappa shape index (κ2) is 6.79. The molecule has 22 heavy (non-hydrogen) atoms. The first kappa shape index (κ1) is 14.8. The number of carbonyl (C=O) groups excluding carboxylic acids is 1. The molecule has 1 saturated carbocycles. The third-order valence-corrected chi connectivity index (χ3v) is 4.54. The van der Waals surface area contributed by atoms with Crippen molar-refractivity contribution in [2.75, 3.05) is 12.4 Å². The van der Waals surface area contributed by atoms with E-state index in [2.05, 4.69) is 15.6 Å². The van der Waals surface area contributed by atoms with E-state index in [1.807, 2.05) is 29.6 Å². The second-order valence-corrected chi connectivity index (χ2v) is 6.21. The molecule has 0 atom stereocenters. The van der Waals surface area contributed by atoms with Crippen LogP contribution >= 0.6 is 11.3 Å². The molecule has 5 nitrogen and oxygen atoms in total. The molecule has 2 aromatic rings. The van der Waals surface area contributed by atoms with Crippen LogP contribution < -0.4 is 15.4 Å². The molecule has 2 amide bonds. The number of benzene rings is 1. The SMILES string of the molecule is COc1cccc(-c2csc(NC(=O)NC3CCCC3)n2)c1. The molecule has 1 aliphatic carbocycles. The van der Waals surface area contributed by atoms with Crippen molar-refractivity contribution in [1.82, 2.24) is 10.3 Å². The van der Waals surface area contributed by atoms with E-state index >= 15 is 0 Å². The van der Waals surface area contributed by atoms with E-state index < -0.39 is 0 Å². The van der Waals surface area contributed by atoms with E-state index in [0.717, 1.165) is 29.8 Å². The standard InChI is InChI=1S/C16H19N3O2S/c1-21-13-8-4-5-11(9-13)14-10-22-16(18-14)19-15(20)17-12-6-2-3-7-12/h4-5,8-10,12H,2-3,6-7H2,1H3,(H2,17,18,19,20). The van der Waals surface area contributed by atoms with Gasteiger partial charge in [-0.15, -0.1) is 11.3 Å². The molecule has 1 fully saturated rings. The highest BCUT2D eigenvalue weighted by Crippen LogP contribution is 2.27. The van der Waals surface area contributed by atoms with Crippen LogP contribution in [0.4, 0.5) is 9.93 Å². The van der Waals surface area contributed by atoms with Crippen LogP contribution in [0.1, 0.15) is 25.7 Å². The summed E-state index contributed by atoms with van der Waals surface area (Å²) < 4.78 is 5.22. The van der Waals surface area contributed by atoms with Gasteiger partial charge in [-0.05, 0) is 25.0 Å². The van der Waals surface area contributed by atoms with Gasteiger partial charge in [-0.1, -0.05) is 25.0 Å². The molecule has 0 aliphatic heterocycles. The second-order valence-electron chi connectivity index (χ2n) is 5.35. The quantitative estimate of drug-likeness (QED) is 0.899. The lowest BCUT2D eigenvalue weighted by molar-refractivity contribution is 0.248. The van der Waals surface area contributed by atoms with Crippen molar-refractivity contribution < 1.29 is 9.53 Å². The maximum Gasteiger partial charge on any atom is 0.321 e. The van der Waals surface area contributed by atoms with Crippen molar-refractivity contribution in [2.45, 2.75) is 31.7 Å². The number of amides is 2. The number of rotatable bonds is 4. The summed E-state index contributed by atoms with van der Waals surface area (Å²) in [6.07, 6.45) is 4.53. The third-order valence-electron chi connectivity index (χ3n) is 3.78. The summed E-state index contributed by atoms with van der Waals surface area (Å²) in [5.74, 6) is 0.791. The Morgan fingerprint density at radius 2 is 2.18 bits per heavy atom. The number of urea groups is 1. The molecule has 2 N–H and O–H groups in total. The number of hydrogen-bond donors (Lipinski definition) is 2. The molecule has 1 aliphatic rings. The highest BCUT2D eigenvalue weighted by atomic mass is 32.1. The van der Waals surface area contributed by atoms with Gasteiger partial charge < -0.3 is 10.1 Å². The number of nitrogens with zero attached hydrogens (tertiary/aromatic N) is 1. The Balaban J connectivity index is 1.64. The van der Waals surface area contributed by atoms with E-state index in [0.29, 0.717) is 11.2 Å². The van der Waals surface area contributed by atoms with Crippen LogP contribution in [0.25, 0.3) is 11.3 Å². The van der Waals surface area contributed by atoms with E-state index in [-0.39, 0.29) is 6.03 Å². The van der Waals surface area contributed by atoms with Crippen molar-refractivity contribution in [3.63, 3.8) is 0 Å². The van der Waals surface area contributed by atoms with Gasteiger partial charge >= 0.3 is 6.03 Å². The Morgan fingerprint density at radius 1 is 1.36 bits per heavy atom. The van der Waals surface area contributed by atoms with Gasteiger partial charge in [0.05, 0.1) is 12.8 Å². The number of nitrogens with one attached hydrogen (secondary N) is 2. The Labute approximate surface area is 133 Å². The summed E-state index contributed by atoms with van der Waals surface area (Å²) in [6, 6.07) is 7.85. The molecular formula is C16H19N3O2S. The smallest absolute Gasteiger partial charge is 0.321 e. The zero-order valence-corrected chi connectivity index (χ0v) is 13.3. The molecule has 0 unspecified atom stereocenters. The predicted octanol–water partition coefficient (Wildman–Crippen LogP) is 3.88. The molecule has 0 spiro atoms. The summed E-state index contributed by atoms with van der Waals surface area (Å²) in [6.45, 7) is 0. The summed E-state index contributed by atoms with van der Waals surface area (Å²) in [7, 11) is 1.64. The topological polar surface area (TPSA) is 63.2 Å². The largest absolute Gasteiger partial charge is 0.497 e. The number of hydrogen-bond acceptors (Lipinski definition) is 4. The zero-order valence-electron chi connectivity index (χ0n) is 12.5. The molecule has 0 bridgehead atoms. The van der Waals surface area contributed by atoms with Gasteiger partial charge in [0.1, 0.15) is 5.75 Å². The molecule has 0 saturated heterocycles. The lowest BCUT2D eigenvalue weighted by Crippen LogP contribution is -2.36. The molecule has 0 radical (unpaired) electrons. The highest BCUT2D eigenvalue weighted by Gasteiger charge is 2.17. The van der Waals surface area contributed by atoms with Crippen molar-refractivity contribution in [3.05, 3.63) is 29.6 Å². The molecule has 1 aromatic carbocycles. The summed E-state index contributed by atoms with van der Waals surface area (Å²) in [5.41, 5.74) is 1.81. The van der Waals surface area contributed by atoms with Crippen LogP contribution in [-0.4, -0.2) is 24.2 Å². The van der Waals surface area contributed by atoms with Crippen molar-refractivity contribution >= 4 is 22.5 Å². The summed E-state index contributed by atoms with van der Waals surface area (Å²) >= 11 is 1.42. The molecule has 116 valence electrons. The van der Waals surface area contributed by atoms with E-state index in [1.54, 1.807) is 7.11 Å². The van der Waals surface area contributed by atoms with Crippen LogP contribution in [-0.2, 0) is 0 Å².